The molecular formula is C13H21N3O3S. The third-order valence-electron chi connectivity index (χ3n) is 2.48. The molecule has 0 aliphatic heterocycles. The topological polar surface area (TPSA) is 101 Å². The molecule has 1 aromatic rings. The lowest BCUT2D eigenvalue weighted by molar-refractivity contribution is -0.118. The molecule has 0 spiro atoms. The van der Waals surface area contributed by atoms with Crippen molar-refractivity contribution in [2.45, 2.75) is 37.6 Å². The van der Waals surface area contributed by atoms with Crippen LogP contribution in [0, 0.1) is 0 Å². The molecule has 0 saturated carbocycles. The monoisotopic (exact) mass is 299 g/mol. The highest BCUT2D eigenvalue weighted by atomic mass is 32.2. The van der Waals surface area contributed by atoms with Gasteiger partial charge in [-0.2, -0.15) is 0 Å². The first-order valence-corrected chi connectivity index (χ1v) is 7.94. The van der Waals surface area contributed by atoms with E-state index in [4.69, 9.17) is 5.73 Å². The molecule has 1 aromatic carbocycles. The molecule has 0 unspecified atom stereocenters. The van der Waals surface area contributed by atoms with Gasteiger partial charge in [-0.3, -0.25) is 4.79 Å². The summed E-state index contributed by atoms with van der Waals surface area (Å²) in [5.41, 5.74) is 5.84. The third-order valence-corrected chi connectivity index (χ3v) is 4.16. The van der Waals surface area contributed by atoms with E-state index in [1.54, 1.807) is 38.1 Å². The third kappa shape index (κ3) is 5.58. The zero-order valence-electron chi connectivity index (χ0n) is 11.7. The Morgan fingerprint density at radius 2 is 1.85 bits per heavy atom. The molecule has 0 aliphatic carbocycles. The average Bonchev–Trinajstić information content (AvgIpc) is 2.33. The van der Waals surface area contributed by atoms with Crippen LogP contribution in [0.15, 0.2) is 29.2 Å². The van der Waals surface area contributed by atoms with Crippen LogP contribution in [0.3, 0.4) is 0 Å². The van der Waals surface area contributed by atoms with Crippen LogP contribution in [0.25, 0.3) is 0 Å². The van der Waals surface area contributed by atoms with Crippen LogP contribution in [0.1, 0.15) is 26.7 Å². The van der Waals surface area contributed by atoms with Gasteiger partial charge in [-0.25, -0.2) is 13.1 Å². The number of nitrogens with one attached hydrogen (secondary N) is 2. The van der Waals surface area contributed by atoms with E-state index in [9.17, 15) is 13.2 Å². The number of sulfonamides is 1. The highest BCUT2D eigenvalue weighted by Gasteiger charge is 2.14. The highest BCUT2D eigenvalue weighted by molar-refractivity contribution is 7.89. The molecule has 1 rings (SSSR count). The molecule has 0 radical (unpaired) electrons. The number of anilines is 1. The van der Waals surface area contributed by atoms with E-state index in [1.807, 2.05) is 0 Å². The maximum atomic E-state index is 11.9. The van der Waals surface area contributed by atoms with E-state index in [-0.39, 0.29) is 16.8 Å². The van der Waals surface area contributed by atoms with Gasteiger partial charge in [0.25, 0.3) is 0 Å². The largest absolute Gasteiger partial charge is 0.385 e. The van der Waals surface area contributed by atoms with Crippen molar-refractivity contribution in [1.82, 2.24) is 4.72 Å². The number of carbonyl (C=O) groups is 1. The number of primary amides is 1. The molecular weight excluding hydrogens is 278 g/mol. The quantitative estimate of drug-likeness (QED) is 0.624. The van der Waals surface area contributed by atoms with Crippen LogP contribution < -0.4 is 15.8 Å². The second-order valence-electron chi connectivity index (χ2n) is 4.80. The Morgan fingerprint density at radius 3 is 2.35 bits per heavy atom. The summed E-state index contributed by atoms with van der Waals surface area (Å²) in [5, 5.41) is 3.10. The van der Waals surface area contributed by atoms with Gasteiger partial charge < -0.3 is 11.1 Å². The molecule has 0 fully saturated rings. The van der Waals surface area contributed by atoms with E-state index in [1.165, 1.54) is 0 Å². The van der Waals surface area contributed by atoms with Crippen molar-refractivity contribution in [2.24, 2.45) is 5.73 Å². The van der Waals surface area contributed by atoms with Crippen molar-refractivity contribution < 1.29 is 13.2 Å². The van der Waals surface area contributed by atoms with Gasteiger partial charge in [0.2, 0.25) is 15.9 Å². The summed E-state index contributed by atoms with van der Waals surface area (Å²) in [5.74, 6) is -0.326. The van der Waals surface area contributed by atoms with Crippen LogP contribution in [0.5, 0.6) is 0 Å². The summed E-state index contributed by atoms with van der Waals surface area (Å²) in [6.07, 6.45) is 0.974. The molecule has 1 amide bonds. The number of hydrogen-bond donors (Lipinski definition) is 3. The van der Waals surface area contributed by atoms with E-state index in [0.717, 1.165) is 5.69 Å². The van der Waals surface area contributed by atoms with Crippen LogP contribution in [-0.4, -0.2) is 26.9 Å². The van der Waals surface area contributed by atoms with E-state index >= 15 is 0 Å². The predicted molar refractivity (Wildman–Crippen MR) is 78.8 cm³/mol. The molecule has 6 nitrogen and oxygen atoms in total. The van der Waals surface area contributed by atoms with Crippen molar-refractivity contribution in [3.05, 3.63) is 24.3 Å². The fourth-order valence-corrected chi connectivity index (χ4v) is 2.88. The maximum absolute atomic E-state index is 11.9. The van der Waals surface area contributed by atoms with Gasteiger partial charge in [0.15, 0.2) is 0 Å². The Labute approximate surface area is 119 Å². The standard InChI is InChI=1S/C13H21N3O3S/c1-10(2)16-20(18,19)12-7-5-11(6-8-12)15-9-3-4-13(14)17/h5-8,10,15-16H,3-4,9H2,1-2H3,(H2,14,17). The minimum atomic E-state index is -3.45. The molecule has 7 heteroatoms. The van der Waals surface area contributed by atoms with E-state index in [2.05, 4.69) is 10.0 Å². The van der Waals surface area contributed by atoms with Gasteiger partial charge in [-0.05, 0) is 44.5 Å². The number of rotatable bonds is 8. The Morgan fingerprint density at radius 1 is 1.25 bits per heavy atom. The summed E-state index contributed by atoms with van der Waals surface area (Å²) in [7, 11) is -3.45. The fraction of sp³-hybridized carbons (Fsp3) is 0.462. The smallest absolute Gasteiger partial charge is 0.240 e. The van der Waals surface area contributed by atoms with Gasteiger partial charge >= 0.3 is 0 Å². The minimum absolute atomic E-state index is 0.147. The van der Waals surface area contributed by atoms with Crippen molar-refractivity contribution >= 4 is 21.6 Å². The van der Waals surface area contributed by atoms with Crippen LogP contribution in [0.2, 0.25) is 0 Å². The van der Waals surface area contributed by atoms with Gasteiger partial charge in [0.1, 0.15) is 0 Å². The van der Waals surface area contributed by atoms with Gasteiger partial charge in [-0.1, -0.05) is 0 Å². The molecule has 20 heavy (non-hydrogen) atoms. The molecule has 0 heterocycles. The summed E-state index contributed by atoms with van der Waals surface area (Å²) < 4.78 is 26.3. The first-order valence-electron chi connectivity index (χ1n) is 6.46. The first-order chi connectivity index (χ1) is 9.31. The SMILES string of the molecule is CC(C)NS(=O)(=O)c1ccc(NCCCC(N)=O)cc1. The van der Waals surface area contributed by atoms with Gasteiger partial charge in [-0.15, -0.1) is 0 Å². The van der Waals surface area contributed by atoms with E-state index in [0.29, 0.717) is 19.4 Å². The van der Waals surface area contributed by atoms with Crippen molar-refractivity contribution in [1.29, 1.82) is 0 Å². The summed E-state index contributed by atoms with van der Waals surface area (Å²) in [4.78, 5) is 10.8. The molecule has 0 aliphatic rings. The maximum Gasteiger partial charge on any atom is 0.240 e. The summed E-state index contributed by atoms with van der Waals surface area (Å²) in [6, 6.07) is 6.33. The van der Waals surface area contributed by atoms with E-state index < -0.39 is 10.0 Å². The first kappa shape index (κ1) is 16.5. The summed E-state index contributed by atoms with van der Waals surface area (Å²) >= 11 is 0. The lowest BCUT2D eigenvalue weighted by atomic mass is 10.2. The lowest BCUT2D eigenvalue weighted by Crippen LogP contribution is -2.30. The van der Waals surface area contributed by atoms with Crippen molar-refractivity contribution in [3.63, 3.8) is 0 Å². The number of amides is 1. The normalized spacial score (nSPS) is 11.6. The molecule has 0 aromatic heterocycles. The van der Waals surface area contributed by atoms with Crippen LogP contribution in [-0.2, 0) is 14.8 Å². The predicted octanol–water partition coefficient (Wildman–Crippen LogP) is 1.05. The highest BCUT2D eigenvalue weighted by Crippen LogP contribution is 2.14. The van der Waals surface area contributed by atoms with Gasteiger partial charge in [0.05, 0.1) is 4.90 Å². The second-order valence-corrected chi connectivity index (χ2v) is 6.51. The fourth-order valence-electron chi connectivity index (χ4n) is 1.63. The Kier molecular flexibility index (Phi) is 5.97. The number of benzene rings is 1. The van der Waals surface area contributed by atoms with Crippen LogP contribution >= 0.6 is 0 Å². The molecule has 0 atom stereocenters. The molecule has 112 valence electrons. The summed E-state index contributed by atoms with van der Waals surface area (Å²) in [6.45, 7) is 4.15. The van der Waals surface area contributed by atoms with Crippen molar-refractivity contribution in [2.75, 3.05) is 11.9 Å². The molecule has 0 bridgehead atoms. The Balaban J connectivity index is 2.58. The number of carbonyl (C=O) groups excluding carboxylic acids is 1. The number of hydrogen-bond acceptors (Lipinski definition) is 4. The van der Waals surface area contributed by atoms with Gasteiger partial charge in [0, 0.05) is 24.7 Å². The Hall–Kier alpha value is -1.60. The lowest BCUT2D eigenvalue weighted by Gasteiger charge is -2.10. The second kappa shape index (κ2) is 7.25. The minimum Gasteiger partial charge on any atom is -0.385 e. The molecule has 0 saturated heterocycles. The average molecular weight is 299 g/mol. The van der Waals surface area contributed by atoms with Crippen LogP contribution in [0.4, 0.5) is 5.69 Å². The zero-order chi connectivity index (χ0) is 15.2. The number of nitrogens with two attached hydrogens (primary N) is 1. The zero-order valence-corrected chi connectivity index (χ0v) is 12.5. The van der Waals surface area contributed by atoms with Crippen molar-refractivity contribution in [3.8, 4) is 0 Å². The Bertz CT molecular complexity index is 538. The molecule has 4 N–H and O–H groups in total.